The smallest absolute Gasteiger partial charge is 0.262 e. The summed E-state index contributed by atoms with van der Waals surface area (Å²) < 4.78 is 33.6. The predicted octanol–water partition coefficient (Wildman–Crippen LogP) is 4.23. The second-order valence-corrected chi connectivity index (χ2v) is 9.89. The molecular weight excluding hydrogens is 450 g/mol. The first kappa shape index (κ1) is 25.1. The van der Waals surface area contributed by atoms with Gasteiger partial charge in [0.05, 0.1) is 12.0 Å². The number of hydrogen-bond donors (Lipinski definition) is 2. The normalized spacial score (nSPS) is 11.1. The fourth-order valence-electron chi connectivity index (χ4n) is 3.46. The molecule has 0 bridgehead atoms. The highest BCUT2D eigenvalue weighted by atomic mass is 32.2. The van der Waals surface area contributed by atoms with E-state index in [0.717, 1.165) is 18.5 Å². The van der Waals surface area contributed by atoms with E-state index < -0.39 is 10.0 Å². The lowest BCUT2D eigenvalue weighted by Crippen LogP contribution is -2.25. The Hall–Kier alpha value is -3.52. The van der Waals surface area contributed by atoms with Crippen LogP contribution in [0.1, 0.15) is 27.9 Å². The standard InChI is InChI=1S/C26H31N3O4S/c1-19-7-10-21(18-25(19)34(31,32)28-22-11-15-24(33-4)16-12-22)26(30)27-17-5-6-20-8-13-23(14-9-20)29(2)3/h7-16,18,28H,5-6,17H2,1-4H3,(H,27,30). The molecule has 0 fully saturated rings. The molecule has 0 radical (unpaired) electrons. The van der Waals surface area contributed by atoms with Crippen LogP contribution < -0.4 is 19.7 Å². The van der Waals surface area contributed by atoms with Gasteiger partial charge in [-0.05, 0) is 79.4 Å². The Kier molecular flexibility index (Phi) is 8.17. The van der Waals surface area contributed by atoms with E-state index >= 15 is 0 Å². The zero-order valence-electron chi connectivity index (χ0n) is 20.0. The molecule has 0 spiro atoms. The van der Waals surface area contributed by atoms with Gasteiger partial charge in [0.1, 0.15) is 5.75 Å². The molecule has 180 valence electrons. The number of methoxy groups -OCH3 is 1. The Morgan fingerprint density at radius 3 is 2.26 bits per heavy atom. The number of hydrogen-bond acceptors (Lipinski definition) is 5. The Labute approximate surface area is 201 Å². The number of rotatable bonds is 10. The lowest BCUT2D eigenvalue weighted by atomic mass is 10.1. The van der Waals surface area contributed by atoms with Gasteiger partial charge in [-0.15, -0.1) is 0 Å². The maximum absolute atomic E-state index is 13.0. The molecule has 7 nitrogen and oxygen atoms in total. The second kappa shape index (κ2) is 11.1. The molecule has 3 aromatic carbocycles. The molecule has 0 atom stereocenters. The van der Waals surface area contributed by atoms with Gasteiger partial charge in [-0.25, -0.2) is 8.42 Å². The van der Waals surface area contributed by atoms with Gasteiger partial charge in [0.2, 0.25) is 0 Å². The van der Waals surface area contributed by atoms with Crippen LogP contribution in [0.25, 0.3) is 0 Å². The quantitative estimate of drug-likeness (QED) is 0.423. The molecule has 0 unspecified atom stereocenters. The van der Waals surface area contributed by atoms with Crippen LogP contribution in [-0.4, -0.2) is 42.1 Å². The maximum atomic E-state index is 13.0. The molecule has 0 aliphatic heterocycles. The summed E-state index contributed by atoms with van der Waals surface area (Å²) >= 11 is 0. The van der Waals surface area contributed by atoms with Crippen molar-refractivity contribution in [3.8, 4) is 5.75 Å². The molecule has 0 aliphatic carbocycles. The highest BCUT2D eigenvalue weighted by Crippen LogP contribution is 2.22. The number of ether oxygens (including phenoxy) is 1. The molecule has 0 aromatic heterocycles. The summed E-state index contributed by atoms with van der Waals surface area (Å²) in [7, 11) is 1.68. The van der Waals surface area contributed by atoms with Crippen molar-refractivity contribution in [1.82, 2.24) is 5.32 Å². The second-order valence-electron chi connectivity index (χ2n) is 8.23. The fourth-order valence-corrected chi connectivity index (χ4v) is 4.79. The van der Waals surface area contributed by atoms with Crippen LogP contribution in [0, 0.1) is 6.92 Å². The van der Waals surface area contributed by atoms with Gasteiger partial charge in [0, 0.05) is 37.6 Å². The van der Waals surface area contributed by atoms with Gasteiger partial charge in [-0.3, -0.25) is 9.52 Å². The summed E-state index contributed by atoms with van der Waals surface area (Å²) in [6.45, 7) is 2.19. The van der Waals surface area contributed by atoms with Crippen LogP contribution in [0.4, 0.5) is 11.4 Å². The summed E-state index contributed by atoms with van der Waals surface area (Å²) in [6, 6.07) is 19.6. The van der Waals surface area contributed by atoms with E-state index in [1.807, 2.05) is 19.0 Å². The van der Waals surface area contributed by atoms with Gasteiger partial charge in [0.25, 0.3) is 15.9 Å². The third-order valence-corrected chi connectivity index (χ3v) is 6.99. The number of anilines is 2. The summed E-state index contributed by atoms with van der Waals surface area (Å²) in [4.78, 5) is 14.8. The number of carbonyl (C=O) groups is 1. The van der Waals surface area contributed by atoms with Crippen molar-refractivity contribution in [3.63, 3.8) is 0 Å². The first-order valence-electron chi connectivity index (χ1n) is 11.0. The molecule has 2 N–H and O–H groups in total. The topological polar surface area (TPSA) is 87.7 Å². The summed E-state index contributed by atoms with van der Waals surface area (Å²) in [6.07, 6.45) is 1.62. The molecule has 0 aliphatic rings. The lowest BCUT2D eigenvalue weighted by molar-refractivity contribution is 0.0953. The van der Waals surface area contributed by atoms with Crippen molar-refractivity contribution in [1.29, 1.82) is 0 Å². The molecule has 1 amide bonds. The van der Waals surface area contributed by atoms with E-state index in [-0.39, 0.29) is 10.8 Å². The van der Waals surface area contributed by atoms with Crippen LogP contribution >= 0.6 is 0 Å². The third kappa shape index (κ3) is 6.51. The number of amides is 1. The Morgan fingerprint density at radius 2 is 1.65 bits per heavy atom. The predicted molar refractivity (Wildman–Crippen MR) is 136 cm³/mol. The number of nitrogens with zero attached hydrogens (tertiary/aromatic N) is 1. The van der Waals surface area contributed by atoms with E-state index in [1.165, 1.54) is 11.6 Å². The van der Waals surface area contributed by atoms with Gasteiger partial charge < -0.3 is 15.0 Å². The van der Waals surface area contributed by atoms with E-state index in [0.29, 0.717) is 29.1 Å². The number of carbonyl (C=O) groups excluding carboxylic acids is 1. The number of benzene rings is 3. The highest BCUT2D eigenvalue weighted by Gasteiger charge is 2.19. The number of nitrogens with one attached hydrogen (secondary N) is 2. The van der Waals surface area contributed by atoms with Crippen LogP contribution in [0.2, 0.25) is 0 Å². The first-order valence-corrected chi connectivity index (χ1v) is 12.5. The number of sulfonamides is 1. The van der Waals surface area contributed by atoms with E-state index in [2.05, 4.69) is 34.3 Å². The van der Waals surface area contributed by atoms with E-state index in [9.17, 15) is 13.2 Å². The Morgan fingerprint density at radius 1 is 0.971 bits per heavy atom. The zero-order chi connectivity index (χ0) is 24.7. The van der Waals surface area contributed by atoms with Crippen molar-refractivity contribution < 1.29 is 17.9 Å². The minimum absolute atomic E-state index is 0.0666. The first-order chi connectivity index (χ1) is 16.2. The van der Waals surface area contributed by atoms with Crippen molar-refractivity contribution >= 4 is 27.3 Å². The molecule has 0 saturated heterocycles. The average Bonchev–Trinajstić information content (AvgIpc) is 2.82. The largest absolute Gasteiger partial charge is 0.497 e. The minimum atomic E-state index is -3.86. The molecule has 8 heteroatoms. The molecule has 3 aromatic rings. The third-order valence-electron chi connectivity index (χ3n) is 5.46. The molecule has 0 heterocycles. The molecule has 34 heavy (non-hydrogen) atoms. The lowest BCUT2D eigenvalue weighted by Gasteiger charge is -2.13. The van der Waals surface area contributed by atoms with Crippen molar-refractivity contribution in [3.05, 3.63) is 83.4 Å². The minimum Gasteiger partial charge on any atom is -0.497 e. The van der Waals surface area contributed by atoms with Crippen molar-refractivity contribution in [2.24, 2.45) is 0 Å². The highest BCUT2D eigenvalue weighted by molar-refractivity contribution is 7.92. The van der Waals surface area contributed by atoms with Gasteiger partial charge in [-0.1, -0.05) is 18.2 Å². The van der Waals surface area contributed by atoms with Gasteiger partial charge >= 0.3 is 0 Å². The van der Waals surface area contributed by atoms with Crippen molar-refractivity contribution in [2.75, 3.05) is 37.4 Å². The van der Waals surface area contributed by atoms with E-state index in [4.69, 9.17) is 4.74 Å². The van der Waals surface area contributed by atoms with Crippen LogP contribution in [0.3, 0.4) is 0 Å². The van der Waals surface area contributed by atoms with Gasteiger partial charge in [0.15, 0.2) is 0 Å². The fraction of sp³-hybridized carbons (Fsp3) is 0.269. The maximum Gasteiger partial charge on any atom is 0.262 e. The van der Waals surface area contributed by atoms with Crippen LogP contribution in [0.5, 0.6) is 5.75 Å². The summed E-state index contributed by atoms with van der Waals surface area (Å²) in [5.41, 5.74) is 3.61. The van der Waals surface area contributed by atoms with Crippen LogP contribution in [-0.2, 0) is 16.4 Å². The van der Waals surface area contributed by atoms with Gasteiger partial charge in [-0.2, -0.15) is 0 Å². The molecule has 3 rings (SSSR count). The number of aryl methyl sites for hydroxylation is 2. The average molecular weight is 482 g/mol. The summed E-state index contributed by atoms with van der Waals surface area (Å²) in [5, 5.41) is 2.88. The van der Waals surface area contributed by atoms with E-state index in [1.54, 1.807) is 50.4 Å². The van der Waals surface area contributed by atoms with Crippen LogP contribution in [0.15, 0.2) is 71.6 Å². The molecular formula is C26H31N3O4S. The monoisotopic (exact) mass is 481 g/mol. The molecule has 0 saturated carbocycles. The Bertz CT molecular complexity index is 1220. The zero-order valence-corrected chi connectivity index (χ0v) is 20.8. The SMILES string of the molecule is COc1ccc(NS(=O)(=O)c2cc(C(=O)NCCCc3ccc(N(C)C)cc3)ccc2C)cc1. The van der Waals surface area contributed by atoms with Crippen molar-refractivity contribution in [2.45, 2.75) is 24.7 Å². The summed E-state index contributed by atoms with van der Waals surface area (Å²) in [5.74, 6) is 0.326. The Balaban J connectivity index is 1.60.